The molecule has 5 heteroatoms. The average Bonchev–Trinajstić information content (AvgIpc) is 2.47. The molecule has 112 valence electrons. The third-order valence-corrected chi connectivity index (χ3v) is 5.93. The average molecular weight is 297 g/mol. The Hall–Kier alpha value is -1.07. The van der Waals surface area contributed by atoms with E-state index in [-0.39, 0.29) is 17.9 Å². The SMILES string of the molecule is CCS(=O)(=O)c1ccccc1N(C)C1CCCCC1O. The van der Waals surface area contributed by atoms with Crippen molar-refractivity contribution in [2.75, 3.05) is 17.7 Å². The van der Waals surface area contributed by atoms with E-state index in [0.717, 1.165) is 25.7 Å². The molecule has 1 aromatic rings. The summed E-state index contributed by atoms with van der Waals surface area (Å²) in [4.78, 5) is 2.30. The van der Waals surface area contributed by atoms with Gasteiger partial charge in [-0.25, -0.2) is 8.42 Å². The number of nitrogens with zero attached hydrogens (tertiary/aromatic N) is 1. The van der Waals surface area contributed by atoms with Gasteiger partial charge in [-0.1, -0.05) is 31.9 Å². The van der Waals surface area contributed by atoms with Crippen LogP contribution in [0.15, 0.2) is 29.2 Å². The van der Waals surface area contributed by atoms with Gasteiger partial charge in [0.1, 0.15) is 0 Å². The van der Waals surface area contributed by atoms with Crippen molar-refractivity contribution >= 4 is 15.5 Å². The molecule has 0 radical (unpaired) electrons. The van der Waals surface area contributed by atoms with Gasteiger partial charge in [-0.3, -0.25) is 0 Å². The number of para-hydroxylation sites is 1. The lowest BCUT2D eigenvalue weighted by Crippen LogP contribution is -2.44. The van der Waals surface area contributed by atoms with Crippen LogP contribution in [0.25, 0.3) is 0 Å². The van der Waals surface area contributed by atoms with Gasteiger partial charge in [0, 0.05) is 7.05 Å². The molecule has 1 saturated carbocycles. The van der Waals surface area contributed by atoms with Crippen LogP contribution in [0.5, 0.6) is 0 Å². The molecule has 20 heavy (non-hydrogen) atoms. The van der Waals surface area contributed by atoms with E-state index >= 15 is 0 Å². The van der Waals surface area contributed by atoms with Crippen LogP contribution < -0.4 is 4.90 Å². The van der Waals surface area contributed by atoms with E-state index in [2.05, 4.69) is 0 Å². The number of rotatable bonds is 4. The van der Waals surface area contributed by atoms with Crippen molar-refractivity contribution in [1.82, 2.24) is 0 Å². The van der Waals surface area contributed by atoms with Gasteiger partial charge < -0.3 is 10.0 Å². The molecule has 0 bridgehead atoms. The van der Waals surface area contributed by atoms with Crippen LogP contribution in [0.3, 0.4) is 0 Å². The van der Waals surface area contributed by atoms with Crippen LogP contribution >= 0.6 is 0 Å². The van der Waals surface area contributed by atoms with Gasteiger partial charge in [-0.2, -0.15) is 0 Å². The first-order valence-corrected chi connectivity index (χ1v) is 8.85. The van der Waals surface area contributed by atoms with E-state index in [0.29, 0.717) is 10.6 Å². The summed E-state index contributed by atoms with van der Waals surface area (Å²) in [6.07, 6.45) is 3.43. The van der Waals surface area contributed by atoms with Crippen LogP contribution in [0, 0.1) is 0 Å². The minimum absolute atomic E-state index is 0.00282. The fraction of sp³-hybridized carbons (Fsp3) is 0.600. The van der Waals surface area contributed by atoms with Crippen molar-refractivity contribution in [3.8, 4) is 0 Å². The zero-order valence-corrected chi connectivity index (χ0v) is 12.9. The predicted molar refractivity (Wildman–Crippen MR) is 80.8 cm³/mol. The summed E-state index contributed by atoms with van der Waals surface area (Å²) in [5.41, 5.74) is 0.695. The van der Waals surface area contributed by atoms with E-state index in [9.17, 15) is 13.5 Å². The molecule has 1 fully saturated rings. The normalized spacial score (nSPS) is 23.6. The monoisotopic (exact) mass is 297 g/mol. The molecular weight excluding hydrogens is 274 g/mol. The molecule has 0 spiro atoms. The van der Waals surface area contributed by atoms with Crippen LogP contribution in [0.4, 0.5) is 5.69 Å². The van der Waals surface area contributed by atoms with Gasteiger partial charge in [0.05, 0.1) is 28.5 Å². The summed E-state index contributed by atoms with van der Waals surface area (Å²) >= 11 is 0. The third-order valence-electron chi connectivity index (χ3n) is 4.15. The minimum Gasteiger partial charge on any atom is -0.391 e. The first-order valence-electron chi connectivity index (χ1n) is 7.20. The number of likely N-dealkylation sites (N-methyl/N-ethyl adjacent to an activating group) is 1. The number of hydrogen-bond donors (Lipinski definition) is 1. The molecule has 4 nitrogen and oxygen atoms in total. The Morgan fingerprint density at radius 3 is 2.55 bits per heavy atom. The maximum absolute atomic E-state index is 12.2. The quantitative estimate of drug-likeness (QED) is 0.926. The highest BCUT2D eigenvalue weighted by Crippen LogP contribution is 2.31. The lowest BCUT2D eigenvalue weighted by atomic mass is 9.91. The van der Waals surface area contributed by atoms with Crippen LogP contribution in [0.2, 0.25) is 0 Å². The molecule has 0 amide bonds. The Balaban J connectivity index is 2.37. The Kier molecular flexibility index (Phi) is 4.70. The highest BCUT2D eigenvalue weighted by atomic mass is 32.2. The first-order chi connectivity index (χ1) is 9.47. The van der Waals surface area contributed by atoms with Gasteiger partial charge in [-0.15, -0.1) is 0 Å². The molecule has 1 aromatic carbocycles. The minimum atomic E-state index is -3.25. The van der Waals surface area contributed by atoms with Crippen molar-refractivity contribution in [3.05, 3.63) is 24.3 Å². The van der Waals surface area contributed by atoms with E-state index < -0.39 is 9.84 Å². The standard InChI is InChI=1S/C15H23NO3S/c1-3-20(18,19)15-11-7-5-9-13(15)16(2)12-8-4-6-10-14(12)17/h5,7,9,11-12,14,17H,3-4,6,8,10H2,1-2H3. The van der Waals surface area contributed by atoms with Crippen molar-refractivity contribution < 1.29 is 13.5 Å². The lowest BCUT2D eigenvalue weighted by Gasteiger charge is -2.37. The maximum Gasteiger partial charge on any atom is 0.180 e. The maximum atomic E-state index is 12.2. The van der Waals surface area contributed by atoms with E-state index in [1.807, 2.05) is 24.1 Å². The van der Waals surface area contributed by atoms with Gasteiger partial charge in [0.25, 0.3) is 0 Å². The van der Waals surface area contributed by atoms with Gasteiger partial charge in [-0.05, 0) is 25.0 Å². The van der Waals surface area contributed by atoms with Crippen LogP contribution in [-0.4, -0.2) is 38.5 Å². The summed E-state index contributed by atoms with van der Waals surface area (Å²) in [7, 11) is -1.38. The number of anilines is 1. The molecule has 2 unspecified atom stereocenters. The molecule has 2 rings (SSSR count). The number of sulfone groups is 1. The van der Waals surface area contributed by atoms with Crippen molar-refractivity contribution in [2.45, 2.75) is 49.6 Å². The zero-order chi connectivity index (χ0) is 14.8. The van der Waals surface area contributed by atoms with Crippen molar-refractivity contribution in [3.63, 3.8) is 0 Å². The van der Waals surface area contributed by atoms with Crippen molar-refractivity contribution in [1.29, 1.82) is 0 Å². The second kappa shape index (κ2) is 6.14. The summed E-state index contributed by atoms with van der Waals surface area (Å²) in [5.74, 6) is 0.0884. The van der Waals surface area contributed by atoms with E-state index in [4.69, 9.17) is 0 Å². The van der Waals surface area contributed by atoms with Gasteiger partial charge >= 0.3 is 0 Å². The molecule has 1 aliphatic rings. The molecule has 1 N–H and O–H groups in total. The Morgan fingerprint density at radius 2 is 1.90 bits per heavy atom. The molecule has 1 aliphatic carbocycles. The second-order valence-electron chi connectivity index (χ2n) is 5.40. The van der Waals surface area contributed by atoms with E-state index in [1.54, 1.807) is 19.1 Å². The van der Waals surface area contributed by atoms with Gasteiger partial charge in [0.15, 0.2) is 9.84 Å². The van der Waals surface area contributed by atoms with Gasteiger partial charge in [0.2, 0.25) is 0 Å². The molecule has 2 atom stereocenters. The fourth-order valence-electron chi connectivity index (χ4n) is 2.89. The summed E-state index contributed by atoms with van der Waals surface area (Å²) in [5, 5.41) is 10.2. The molecule has 0 aromatic heterocycles. The van der Waals surface area contributed by atoms with Crippen LogP contribution in [0.1, 0.15) is 32.6 Å². The third kappa shape index (κ3) is 2.99. The zero-order valence-electron chi connectivity index (χ0n) is 12.1. The summed E-state index contributed by atoms with van der Waals surface area (Å²) < 4.78 is 24.4. The Labute approximate surface area is 121 Å². The number of aliphatic hydroxyl groups excluding tert-OH is 1. The van der Waals surface area contributed by atoms with Crippen LogP contribution in [-0.2, 0) is 9.84 Å². The highest BCUT2D eigenvalue weighted by Gasteiger charge is 2.29. The second-order valence-corrected chi connectivity index (χ2v) is 7.65. The summed E-state index contributed by atoms with van der Waals surface area (Å²) in [6, 6.07) is 7.06. The molecule has 0 saturated heterocycles. The largest absolute Gasteiger partial charge is 0.391 e. The first kappa shape index (κ1) is 15.3. The molecule has 0 heterocycles. The predicted octanol–water partition coefficient (Wildman–Crippen LogP) is 2.22. The molecule has 0 aliphatic heterocycles. The highest BCUT2D eigenvalue weighted by molar-refractivity contribution is 7.91. The molecular formula is C15H23NO3S. The number of hydrogen-bond acceptors (Lipinski definition) is 4. The lowest BCUT2D eigenvalue weighted by molar-refractivity contribution is 0.106. The Morgan fingerprint density at radius 1 is 1.25 bits per heavy atom. The number of benzene rings is 1. The fourth-order valence-corrected chi connectivity index (χ4v) is 4.02. The smallest absolute Gasteiger partial charge is 0.180 e. The van der Waals surface area contributed by atoms with E-state index in [1.165, 1.54) is 0 Å². The topological polar surface area (TPSA) is 57.6 Å². The number of aliphatic hydroxyl groups is 1. The summed E-state index contributed by atoms with van der Waals surface area (Å²) in [6.45, 7) is 1.65. The Bertz CT molecular complexity index is 556. The van der Waals surface area contributed by atoms with Crippen molar-refractivity contribution in [2.24, 2.45) is 0 Å².